The van der Waals surface area contributed by atoms with Crippen LogP contribution in [0.5, 0.6) is 5.88 Å². The Balaban J connectivity index is 2.33. The van der Waals surface area contributed by atoms with Crippen molar-refractivity contribution in [1.82, 2.24) is 9.55 Å². The minimum absolute atomic E-state index is 0.0577. The van der Waals surface area contributed by atoms with Crippen molar-refractivity contribution in [3.05, 3.63) is 34.4 Å². The lowest BCUT2D eigenvalue weighted by Gasteiger charge is -2.10. The Morgan fingerprint density at radius 1 is 1.59 bits per heavy atom. The standard InChI is InChI=1S/C13H18N2O2/c1-3-4-5-7-10-13(16)15-9-6-8-11(15)12(14-10)17-2/h3H,1,4-9H2,2H3. The van der Waals surface area contributed by atoms with Crippen LogP contribution < -0.4 is 10.3 Å². The lowest BCUT2D eigenvalue weighted by Crippen LogP contribution is -2.25. The van der Waals surface area contributed by atoms with E-state index < -0.39 is 0 Å². The average Bonchev–Trinajstić information content (AvgIpc) is 2.82. The van der Waals surface area contributed by atoms with Crippen LogP contribution in [0.3, 0.4) is 0 Å². The SMILES string of the molecule is C=CCCCc1nc(OC)c2n(c1=O)CCC2. The number of methoxy groups -OCH3 is 1. The molecule has 0 aromatic carbocycles. The summed E-state index contributed by atoms with van der Waals surface area (Å²) in [5.41, 5.74) is 1.63. The Labute approximate surface area is 101 Å². The smallest absolute Gasteiger partial charge is 0.272 e. The van der Waals surface area contributed by atoms with E-state index in [0.29, 0.717) is 18.0 Å². The molecule has 1 aromatic heterocycles. The van der Waals surface area contributed by atoms with E-state index in [1.165, 1.54) is 0 Å². The molecule has 4 heteroatoms. The molecule has 0 N–H and O–H groups in total. The van der Waals surface area contributed by atoms with Crippen LogP contribution in [0.2, 0.25) is 0 Å². The van der Waals surface area contributed by atoms with Gasteiger partial charge in [-0.1, -0.05) is 6.08 Å². The van der Waals surface area contributed by atoms with Crippen LogP contribution in [-0.4, -0.2) is 16.7 Å². The molecule has 1 aliphatic heterocycles. The van der Waals surface area contributed by atoms with Crippen molar-refractivity contribution in [3.63, 3.8) is 0 Å². The van der Waals surface area contributed by atoms with Gasteiger partial charge in [0.25, 0.3) is 5.56 Å². The molecule has 0 saturated carbocycles. The topological polar surface area (TPSA) is 44.1 Å². The Hall–Kier alpha value is -1.58. The molecule has 4 nitrogen and oxygen atoms in total. The molecule has 0 saturated heterocycles. The second-order valence-corrected chi connectivity index (χ2v) is 4.26. The number of rotatable bonds is 5. The van der Waals surface area contributed by atoms with E-state index in [-0.39, 0.29) is 5.56 Å². The molecule has 0 atom stereocenters. The maximum atomic E-state index is 12.1. The number of hydrogen-bond acceptors (Lipinski definition) is 3. The summed E-state index contributed by atoms with van der Waals surface area (Å²) in [6.45, 7) is 4.47. The number of fused-ring (bicyclic) bond motifs is 1. The van der Waals surface area contributed by atoms with Crippen LogP contribution >= 0.6 is 0 Å². The lowest BCUT2D eigenvalue weighted by atomic mass is 10.2. The van der Waals surface area contributed by atoms with Crippen LogP contribution in [0.15, 0.2) is 17.4 Å². The summed E-state index contributed by atoms with van der Waals surface area (Å²) in [6.07, 6.45) is 6.27. The first kappa shape index (κ1) is 11.9. The van der Waals surface area contributed by atoms with Gasteiger partial charge in [-0.2, -0.15) is 0 Å². The first-order valence-electron chi connectivity index (χ1n) is 6.05. The maximum Gasteiger partial charge on any atom is 0.272 e. The number of nitrogens with zero attached hydrogens (tertiary/aromatic N) is 2. The molecule has 2 rings (SSSR count). The third-order valence-electron chi connectivity index (χ3n) is 3.11. The Kier molecular flexibility index (Phi) is 3.61. The second kappa shape index (κ2) is 5.17. The quantitative estimate of drug-likeness (QED) is 0.575. The maximum absolute atomic E-state index is 12.1. The second-order valence-electron chi connectivity index (χ2n) is 4.26. The summed E-state index contributed by atoms with van der Waals surface area (Å²) < 4.78 is 7.08. The molecule has 0 unspecified atom stereocenters. The summed E-state index contributed by atoms with van der Waals surface area (Å²) in [7, 11) is 1.61. The molecule has 1 aliphatic rings. The van der Waals surface area contributed by atoms with E-state index in [1.807, 2.05) is 10.6 Å². The molecule has 17 heavy (non-hydrogen) atoms. The van der Waals surface area contributed by atoms with Crippen LogP contribution in [0.4, 0.5) is 0 Å². The number of ether oxygens (including phenoxy) is 1. The number of unbranched alkanes of at least 4 members (excludes halogenated alkanes) is 1. The fourth-order valence-electron chi connectivity index (χ4n) is 2.25. The minimum Gasteiger partial charge on any atom is -0.480 e. The van der Waals surface area contributed by atoms with Gasteiger partial charge in [0.05, 0.1) is 12.8 Å². The van der Waals surface area contributed by atoms with Crippen molar-refractivity contribution in [2.45, 2.75) is 38.6 Å². The van der Waals surface area contributed by atoms with Gasteiger partial charge in [-0.05, 0) is 32.1 Å². The van der Waals surface area contributed by atoms with Crippen LogP contribution in [0.25, 0.3) is 0 Å². The van der Waals surface area contributed by atoms with Crippen LogP contribution in [0, 0.1) is 0 Å². The Morgan fingerprint density at radius 3 is 3.12 bits per heavy atom. The number of allylic oxidation sites excluding steroid dienone is 1. The predicted octanol–water partition coefficient (Wildman–Crippen LogP) is 1.71. The summed E-state index contributed by atoms with van der Waals surface area (Å²) in [5, 5.41) is 0. The molecule has 92 valence electrons. The van der Waals surface area contributed by atoms with Gasteiger partial charge in [0.15, 0.2) is 0 Å². The van der Waals surface area contributed by atoms with Gasteiger partial charge < -0.3 is 9.30 Å². The van der Waals surface area contributed by atoms with Crippen molar-refractivity contribution < 1.29 is 4.74 Å². The number of aromatic nitrogens is 2. The van der Waals surface area contributed by atoms with Crippen molar-refractivity contribution in [3.8, 4) is 5.88 Å². The van der Waals surface area contributed by atoms with E-state index in [0.717, 1.165) is 37.9 Å². The van der Waals surface area contributed by atoms with Crippen molar-refractivity contribution in [1.29, 1.82) is 0 Å². The first-order valence-corrected chi connectivity index (χ1v) is 6.05. The lowest BCUT2D eigenvalue weighted by molar-refractivity contribution is 0.384. The monoisotopic (exact) mass is 234 g/mol. The summed E-state index contributed by atoms with van der Waals surface area (Å²) >= 11 is 0. The molecule has 0 amide bonds. The molecule has 0 radical (unpaired) electrons. The van der Waals surface area contributed by atoms with Crippen LogP contribution in [-0.2, 0) is 19.4 Å². The highest BCUT2D eigenvalue weighted by molar-refractivity contribution is 5.24. The van der Waals surface area contributed by atoms with Gasteiger partial charge in [-0.3, -0.25) is 4.79 Å². The first-order chi connectivity index (χ1) is 8.27. The highest BCUT2D eigenvalue weighted by atomic mass is 16.5. The zero-order chi connectivity index (χ0) is 12.3. The summed E-state index contributed by atoms with van der Waals surface area (Å²) in [4.78, 5) is 16.5. The van der Waals surface area contributed by atoms with Gasteiger partial charge >= 0.3 is 0 Å². The van der Waals surface area contributed by atoms with E-state index in [4.69, 9.17) is 4.74 Å². The predicted molar refractivity (Wildman–Crippen MR) is 66.5 cm³/mol. The van der Waals surface area contributed by atoms with E-state index in [9.17, 15) is 4.79 Å². The van der Waals surface area contributed by atoms with Gasteiger partial charge in [0, 0.05) is 6.54 Å². The highest BCUT2D eigenvalue weighted by Gasteiger charge is 2.20. The van der Waals surface area contributed by atoms with Gasteiger partial charge in [-0.15, -0.1) is 6.58 Å². The van der Waals surface area contributed by atoms with E-state index >= 15 is 0 Å². The van der Waals surface area contributed by atoms with E-state index in [1.54, 1.807) is 7.11 Å². The molecule has 0 bridgehead atoms. The molecule has 0 fully saturated rings. The third kappa shape index (κ3) is 2.25. The summed E-state index contributed by atoms with van der Waals surface area (Å²) in [5.74, 6) is 0.621. The average molecular weight is 234 g/mol. The van der Waals surface area contributed by atoms with Crippen molar-refractivity contribution >= 4 is 0 Å². The molecule has 2 heterocycles. The normalized spacial score (nSPS) is 13.5. The zero-order valence-electron chi connectivity index (χ0n) is 10.2. The molecular weight excluding hydrogens is 216 g/mol. The number of aryl methyl sites for hydroxylation is 1. The van der Waals surface area contributed by atoms with Crippen LogP contribution in [0.1, 0.15) is 30.7 Å². The fourth-order valence-corrected chi connectivity index (χ4v) is 2.25. The van der Waals surface area contributed by atoms with Gasteiger partial charge in [-0.25, -0.2) is 4.98 Å². The largest absolute Gasteiger partial charge is 0.480 e. The van der Waals surface area contributed by atoms with Crippen molar-refractivity contribution in [2.24, 2.45) is 0 Å². The zero-order valence-corrected chi connectivity index (χ0v) is 10.2. The fraction of sp³-hybridized carbons (Fsp3) is 0.538. The third-order valence-corrected chi connectivity index (χ3v) is 3.11. The molecule has 0 aliphatic carbocycles. The summed E-state index contributed by atoms with van der Waals surface area (Å²) in [6, 6.07) is 0. The van der Waals surface area contributed by atoms with Crippen molar-refractivity contribution in [2.75, 3.05) is 7.11 Å². The van der Waals surface area contributed by atoms with Gasteiger partial charge in [0.1, 0.15) is 5.69 Å². The van der Waals surface area contributed by atoms with Gasteiger partial charge in [0.2, 0.25) is 5.88 Å². The highest BCUT2D eigenvalue weighted by Crippen LogP contribution is 2.21. The molecule has 0 spiro atoms. The molecular formula is C13H18N2O2. The Bertz CT molecular complexity index is 477. The minimum atomic E-state index is 0.0577. The molecule has 1 aromatic rings. The van der Waals surface area contributed by atoms with E-state index in [2.05, 4.69) is 11.6 Å². The Morgan fingerprint density at radius 2 is 2.41 bits per heavy atom. The number of hydrogen-bond donors (Lipinski definition) is 0.